The average Bonchev–Trinajstić information content (AvgIpc) is 2.68. The van der Waals surface area contributed by atoms with E-state index in [1.807, 2.05) is 0 Å². The van der Waals surface area contributed by atoms with Crippen molar-refractivity contribution in [1.82, 2.24) is 5.32 Å². The molecule has 0 saturated carbocycles. The predicted molar refractivity (Wildman–Crippen MR) is 57.1 cm³/mol. The van der Waals surface area contributed by atoms with E-state index in [4.69, 9.17) is 0 Å². The molecule has 0 aromatic carbocycles. The summed E-state index contributed by atoms with van der Waals surface area (Å²) in [6, 6.07) is 0. The molecule has 0 fully saturated rings. The summed E-state index contributed by atoms with van der Waals surface area (Å²) < 4.78 is 0. The zero-order chi connectivity index (χ0) is 9.71. The van der Waals surface area contributed by atoms with E-state index >= 15 is 0 Å². The van der Waals surface area contributed by atoms with Crippen molar-refractivity contribution in [2.75, 3.05) is 6.54 Å². The lowest BCUT2D eigenvalue weighted by molar-refractivity contribution is 0.0950. The molecule has 1 aromatic heterocycles. The second kappa shape index (κ2) is 2.83. The summed E-state index contributed by atoms with van der Waals surface area (Å²) in [7, 11) is 0. The molecule has 0 saturated heterocycles. The standard InChI is InChI=1S/C11H13NOS/c1-6-2-3-8-9(6)7-4-5-12-11(13)10(7)14-8/h6H,2-5H2,1H3,(H,12,13). The van der Waals surface area contributed by atoms with Crippen molar-refractivity contribution in [3.05, 3.63) is 20.9 Å². The van der Waals surface area contributed by atoms with Gasteiger partial charge in [-0.05, 0) is 36.3 Å². The summed E-state index contributed by atoms with van der Waals surface area (Å²) in [4.78, 5) is 14.1. The molecule has 14 heavy (non-hydrogen) atoms. The maximum absolute atomic E-state index is 11.6. The largest absolute Gasteiger partial charge is 0.351 e. The van der Waals surface area contributed by atoms with Gasteiger partial charge in [-0.2, -0.15) is 0 Å². The highest BCUT2D eigenvalue weighted by atomic mass is 32.1. The zero-order valence-corrected chi connectivity index (χ0v) is 9.04. The number of thiophene rings is 1. The van der Waals surface area contributed by atoms with Crippen molar-refractivity contribution >= 4 is 17.2 Å². The molecule has 1 unspecified atom stereocenters. The van der Waals surface area contributed by atoms with E-state index in [-0.39, 0.29) is 5.91 Å². The van der Waals surface area contributed by atoms with Gasteiger partial charge in [0.1, 0.15) is 0 Å². The summed E-state index contributed by atoms with van der Waals surface area (Å²) in [5, 5.41) is 2.91. The SMILES string of the molecule is CC1CCc2sc3c(c21)CCNC3=O. The summed E-state index contributed by atoms with van der Waals surface area (Å²) in [5.74, 6) is 0.828. The molecule has 1 N–H and O–H groups in total. The lowest BCUT2D eigenvalue weighted by Gasteiger charge is -2.15. The molecule has 2 aliphatic rings. The molecule has 1 atom stereocenters. The first kappa shape index (κ1) is 8.48. The summed E-state index contributed by atoms with van der Waals surface area (Å²) in [6.07, 6.45) is 3.49. The van der Waals surface area contributed by atoms with Crippen molar-refractivity contribution in [2.24, 2.45) is 0 Å². The number of nitrogens with one attached hydrogen (secondary N) is 1. The molecule has 0 bridgehead atoms. The minimum absolute atomic E-state index is 0.151. The Morgan fingerprint density at radius 2 is 2.29 bits per heavy atom. The number of aryl methyl sites for hydroxylation is 1. The topological polar surface area (TPSA) is 29.1 Å². The third-order valence-electron chi connectivity index (χ3n) is 3.29. The number of carbonyl (C=O) groups excluding carboxylic acids is 1. The van der Waals surface area contributed by atoms with E-state index in [0.717, 1.165) is 17.8 Å². The second-order valence-electron chi connectivity index (χ2n) is 4.19. The lowest BCUT2D eigenvalue weighted by Crippen LogP contribution is -2.30. The van der Waals surface area contributed by atoms with Crippen molar-refractivity contribution < 1.29 is 4.79 Å². The summed E-state index contributed by atoms with van der Waals surface area (Å²) in [6.45, 7) is 3.10. The lowest BCUT2D eigenvalue weighted by atomic mass is 9.96. The van der Waals surface area contributed by atoms with Crippen molar-refractivity contribution in [2.45, 2.75) is 32.1 Å². The third kappa shape index (κ3) is 0.989. The van der Waals surface area contributed by atoms with E-state index in [1.165, 1.54) is 28.8 Å². The molecule has 0 spiro atoms. The van der Waals surface area contributed by atoms with Gasteiger partial charge >= 0.3 is 0 Å². The van der Waals surface area contributed by atoms with Gasteiger partial charge in [0.05, 0.1) is 4.88 Å². The number of hydrogen-bond donors (Lipinski definition) is 1. The highest BCUT2D eigenvalue weighted by Crippen LogP contribution is 2.43. The molecule has 3 heteroatoms. The number of rotatable bonds is 0. The smallest absolute Gasteiger partial charge is 0.261 e. The molecule has 2 nitrogen and oxygen atoms in total. The number of fused-ring (bicyclic) bond motifs is 3. The van der Waals surface area contributed by atoms with Crippen molar-refractivity contribution in [3.63, 3.8) is 0 Å². The molecule has 1 aliphatic carbocycles. The average molecular weight is 207 g/mol. The molecule has 1 aromatic rings. The summed E-state index contributed by atoms with van der Waals surface area (Å²) in [5.41, 5.74) is 2.87. The predicted octanol–water partition coefficient (Wildman–Crippen LogP) is 2.08. The van der Waals surface area contributed by atoms with Crippen LogP contribution in [0.3, 0.4) is 0 Å². The fourth-order valence-electron chi connectivity index (χ4n) is 2.59. The maximum atomic E-state index is 11.6. The Kier molecular flexibility index (Phi) is 1.71. The van der Waals surface area contributed by atoms with Crippen LogP contribution in [0.4, 0.5) is 0 Å². The van der Waals surface area contributed by atoms with Gasteiger partial charge in [-0.1, -0.05) is 6.92 Å². The number of amides is 1. The van der Waals surface area contributed by atoms with Crippen molar-refractivity contribution in [1.29, 1.82) is 0 Å². The monoisotopic (exact) mass is 207 g/mol. The van der Waals surface area contributed by atoms with E-state index in [2.05, 4.69) is 12.2 Å². The fourth-order valence-corrected chi connectivity index (χ4v) is 3.99. The quantitative estimate of drug-likeness (QED) is 0.693. The van der Waals surface area contributed by atoms with Crippen LogP contribution in [0, 0.1) is 0 Å². The summed E-state index contributed by atoms with van der Waals surface area (Å²) >= 11 is 1.72. The molecule has 1 amide bonds. The first-order valence-corrected chi connectivity index (χ1v) is 6.01. The number of carbonyl (C=O) groups is 1. The maximum Gasteiger partial charge on any atom is 0.261 e. The minimum atomic E-state index is 0.151. The van der Waals surface area contributed by atoms with Gasteiger partial charge in [0.15, 0.2) is 0 Å². The van der Waals surface area contributed by atoms with Gasteiger partial charge in [-0.15, -0.1) is 11.3 Å². The molecule has 74 valence electrons. The van der Waals surface area contributed by atoms with Crippen LogP contribution in [0.25, 0.3) is 0 Å². The van der Waals surface area contributed by atoms with Crippen LogP contribution in [0.5, 0.6) is 0 Å². The van der Waals surface area contributed by atoms with Crippen LogP contribution >= 0.6 is 11.3 Å². The molecular formula is C11H13NOS. The van der Waals surface area contributed by atoms with E-state index in [0.29, 0.717) is 5.92 Å². The van der Waals surface area contributed by atoms with E-state index in [1.54, 1.807) is 11.3 Å². The van der Waals surface area contributed by atoms with Crippen molar-refractivity contribution in [3.8, 4) is 0 Å². The van der Waals surface area contributed by atoms with E-state index in [9.17, 15) is 4.79 Å². The molecule has 0 radical (unpaired) electrons. The molecular weight excluding hydrogens is 194 g/mol. The van der Waals surface area contributed by atoms with Gasteiger partial charge in [0, 0.05) is 11.4 Å². The Hall–Kier alpha value is -0.830. The Morgan fingerprint density at radius 1 is 1.43 bits per heavy atom. The highest BCUT2D eigenvalue weighted by molar-refractivity contribution is 7.14. The first-order chi connectivity index (χ1) is 6.77. The molecule has 3 rings (SSSR count). The van der Waals surface area contributed by atoms with Gasteiger partial charge in [-0.25, -0.2) is 0 Å². The fraction of sp³-hybridized carbons (Fsp3) is 0.545. The van der Waals surface area contributed by atoms with Gasteiger partial charge in [0.25, 0.3) is 5.91 Å². The Balaban J connectivity index is 2.19. The normalized spacial score (nSPS) is 24.4. The Morgan fingerprint density at radius 3 is 3.14 bits per heavy atom. The third-order valence-corrected chi connectivity index (χ3v) is 4.60. The Labute approximate surface area is 87.3 Å². The second-order valence-corrected chi connectivity index (χ2v) is 5.30. The van der Waals surface area contributed by atoms with Crippen LogP contribution in [0.1, 0.15) is 44.9 Å². The zero-order valence-electron chi connectivity index (χ0n) is 8.22. The van der Waals surface area contributed by atoms with Gasteiger partial charge in [-0.3, -0.25) is 4.79 Å². The van der Waals surface area contributed by atoms with Crippen LogP contribution in [0.2, 0.25) is 0 Å². The van der Waals surface area contributed by atoms with Gasteiger partial charge in [0.2, 0.25) is 0 Å². The highest BCUT2D eigenvalue weighted by Gasteiger charge is 2.31. The molecule has 2 heterocycles. The van der Waals surface area contributed by atoms with Crippen LogP contribution < -0.4 is 5.32 Å². The van der Waals surface area contributed by atoms with Gasteiger partial charge < -0.3 is 5.32 Å². The number of hydrogen-bond acceptors (Lipinski definition) is 2. The molecule has 1 aliphatic heterocycles. The van der Waals surface area contributed by atoms with Crippen LogP contribution in [-0.2, 0) is 12.8 Å². The van der Waals surface area contributed by atoms with Crippen LogP contribution in [-0.4, -0.2) is 12.5 Å². The minimum Gasteiger partial charge on any atom is -0.351 e. The van der Waals surface area contributed by atoms with Crippen LogP contribution in [0.15, 0.2) is 0 Å². The Bertz CT molecular complexity index is 408. The van der Waals surface area contributed by atoms with E-state index < -0.39 is 0 Å². The first-order valence-electron chi connectivity index (χ1n) is 5.20.